The minimum absolute atomic E-state index is 0.150. The zero-order valence-electron chi connectivity index (χ0n) is 13.0. The Morgan fingerprint density at radius 3 is 2.41 bits per heavy atom. The zero-order valence-corrected chi connectivity index (χ0v) is 13.0. The van der Waals surface area contributed by atoms with Crippen molar-refractivity contribution in [3.05, 3.63) is 48.0 Å². The number of fused-ring (bicyclic) bond motifs is 1. The monoisotopic (exact) mass is 298 g/mol. The Hall–Kier alpha value is -2.16. The van der Waals surface area contributed by atoms with Crippen LogP contribution in [0.1, 0.15) is 49.4 Å². The number of benzene rings is 2. The second-order valence-electron chi connectivity index (χ2n) is 5.35. The molecule has 0 N–H and O–H groups in total. The van der Waals surface area contributed by atoms with E-state index in [1.807, 2.05) is 42.5 Å². The fourth-order valence-corrected chi connectivity index (χ4v) is 2.47. The van der Waals surface area contributed by atoms with Crippen LogP contribution in [0.3, 0.4) is 0 Å². The Balaban J connectivity index is 1.78. The quantitative estimate of drug-likeness (QED) is 0.408. The van der Waals surface area contributed by atoms with Crippen LogP contribution in [0.4, 0.5) is 0 Å². The Labute approximate surface area is 131 Å². The summed E-state index contributed by atoms with van der Waals surface area (Å²) >= 11 is 0. The highest BCUT2D eigenvalue weighted by Crippen LogP contribution is 2.17. The summed E-state index contributed by atoms with van der Waals surface area (Å²) in [6.45, 7) is 2.24. The molecule has 3 heteroatoms. The largest absolute Gasteiger partial charge is 0.466 e. The van der Waals surface area contributed by atoms with Crippen LogP contribution in [0, 0.1) is 0 Å². The van der Waals surface area contributed by atoms with Crippen LogP contribution >= 0.6 is 0 Å². The van der Waals surface area contributed by atoms with Crippen LogP contribution in [0.2, 0.25) is 0 Å². The van der Waals surface area contributed by atoms with E-state index in [2.05, 4.69) is 0 Å². The first-order valence-electron chi connectivity index (χ1n) is 7.88. The molecular weight excluding hydrogens is 276 g/mol. The number of rotatable bonds is 8. The van der Waals surface area contributed by atoms with E-state index in [-0.39, 0.29) is 11.8 Å². The number of esters is 1. The van der Waals surface area contributed by atoms with Gasteiger partial charge in [0.05, 0.1) is 6.61 Å². The number of unbranched alkanes of at least 4 members (excludes halogenated alkanes) is 2. The summed E-state index contributed by atoms with van der Waals surface area (Å²) in [6.07, 6.45) is 3.44. The minimum atomic E-state index is -0.150. The molecule has 2 aromatic rings. The first-order valence-corrected chi connectivity index (χ1v) is 7.88. The van der Waals surface area contributed by atoms with E-state index in [1.165, 1.54) is 0 Å². The lowest BCUT2D eigenvalue weighted by atomic mass is 10.0. The lowest BCUT2D eigenvalue weighted by Crippen LogP contribution is -2.03. The van der Waals surface area contributed by atoms with Crippen molar-refractivity contribution < 1.29 is 14.3 Å². The van der Waals surface area contributed by atoms with Crippen LogP contribution in [0.25, 0.3) is 10.8 Å². The Morgan fingerprint density at radius 2 is 1.64 bits per heavy atom. The molecule has 0 saturated heterocycles. The highest BCUT2D eigenvalue weighted by molar-refractivity contribution is 5.99. The molecule has 0 unspecified atom stereocenters. The zero-order chi connectivity index (χ0) is 15.8. The van der Waals surface area contributed by atoms with Gasteiger partial charge in [0.25, 0.3) is 0 Å². The molecular formula is C19H22O3. The normalized spacial score (nSPS) is 10.6. The molecule has 0 aliphatic heterocycles. The van der Waals surface area contributed by atoms with E-state index in [0.29, 0.717) is 19.4 Å². The van der Waals surface area contributed by atoms with Gasteiger partial charge in [0.2, 0.25) is 0 Å². The number of ether oxygens (including phenoxy) is 1. The van der Waals surface area contributed by atoms with Crippen molar-refractivity contribution in [3.8, 4) is 0 Å². The number of hydrogen-bond donors (Lipinski definition) is 0. The van der Waals surface area contributed by atoms with Gasteiger partial charge in [-0.1, -0.05) is 42.8 Å². The summed E-state index contributed by atoms with van der Waals surface area (Å²) in [5.41, 5.74) is 0.768. The molecule has 0 bridgehead atoms. The van der Waals surface area contributed by atoms with Gasteiger partial charge in [0.15, 0.2) is 5.78 Å². The molecule has 0 heterocycles. The summed E-state index contributed by atoms with van der Waals surface area (Å²) in [4.78, 5) is 23.4. The third-order valence-electron chi connectivity index (χ3n) is 3.66. The van der Waals surface area contributed by atoms with Gasteiger partial charge in [-0.15, -0.1) is 0 Å². The highest BCUT2D eigenvalue weighted by Gasteiger charge is 2.07. The molecule has 0 atom stereocenters. The average molecular weight is 298 g/mol. The SMILES string of the molecule is CCOC(=O)CCCCCC(=O)c1ccc2ccccc2c1. The van der Waals surface area contributed by atoms with Crippen molar-refractivity contribution in [3.63, 3.8) is 0 Å². The van der Waals surface area contributed by atoms with Crippen LogP contribution in [-0.2, 0) is 9.53 Å². The Kier molecular flexibility index (Phi) is 6.13. The first kappa shape index (κ1) is 16.2. The van der Waals surface area contributed by atoms with Crippen molar-refractivity contribution in [2.45, 2.75) is 39.0 Å². The number of carbonyl (C=O) groups excluding carboxylic acids is 2. The number of hydrogen-bond acceptors (Lipinski definition) is 3. The van der Waals surface area contributed by atoms with Crippen molar-refractivity contribution in [2.75, 3.05) is 6.61 Å². The number of ketones is 1. The van der Waals surface area contributed by atoms with Crippen LogP contribution in [0.15, 0.2) is 42.5 Å². The number of Topliss-reactive ketones (excluding diaryl/α,β-unsaturated/α-hetero) is 1. The molecule has 0 radical (unpaired) electrons. The lowest BCUT2D eigenvalue weighted by molar-refractivity contribution is -0.143. The summed E-state index contributed by atoms with van der Waals surface area (Å²) in [6, 6.07) is 13.9. The van der Waals surface area contributed by atoms with Crippen LogP contribution in [0.5, 0.6) is 0 Å². The summed E-state index contributed by atoms with van der Waals surface area (Å²) in [5, 5.41) is 2.24. The predicted octanol–water partition coefficient (Wildman–Crippen LogP) is 4.54. The van der Waals surface area contributed by atoms with Gasteiger partial charge >= 0.3 is 5.97 Å². The molecule has 2 rings (SSSR count). The number of carbonyl (C=O) groups is 2. The molecule has 3 nitrogen and oxygen atoms in total. The standard InChI is InChI=1S/C19H22O3/c1-2-22-19(21)11-5-3-4-10-18(20)17-13-12-15-8-6-7-9-16(15)14-17/h6-9,12-14H,2-5,10-11H2,1H3. The fourth-order valence-electron chi connectivity index (χ4n) is 2.47. The van der Waals surface area contributed by atoms with Crippen molar-refractivity contribution in [2.24, 2.45) is 0 Å². The van der Waals surface area contributed by atoms with Crippen LogP contribution in [-0.4, -0.2) is 18.4 Å². The molecule has 0 aliphatic carbocycles. The smallest absolute Gasteiger partial charge is 0.305 e. The molecule has 0 saturated carbocycles. The van der Waals surface area contributed by atoms with E-state index in [9.17, 15) is 9.59 Å². The van der Waals surface area contributed by atoms with E-state index in [0.717, 1.165) is 35.6 Å². The molecule has 0 amide bonds. The van der Waals surface area contributed by atoms with E-state index < -0.39 is 0 Å². The summed E-state index contributed by atoms with van der Waals surface area (Å²) in [5.74, 6) is 0.0187. The first-order chi connectivity index (χ1) is 10.7. The third kappa shape index (κ3) is 4.69. The maximum Gasteiger partial charge on any atom is 0.305 e. The molecule has 0 aliphatic rings. The van der Waals surface area contributed by atoms with Crippen molar-refractivity contribution in [1.82, 2.24) is 0 Å². The summed E-state index contributed by atoms with van der Waals surface area (Å²) < 4.78 is 4.87. The molecule has 116 valence electrons. The van der Waals surface area contributed by atoms with Gasteiger partial charge in [-0.25, -0.2) is 0 Å². The Morgan fingerprint density at radius 1 is 0.909 bits per heavy atom. The topological polar surface area (TPSA) is 43.4 Å². The minimum Gasteiger partial charge on any atom is -0.466 e. The van der Waals surface area contributed by atoms with E-state index in [4.69, 9.17) is 4.74 Å². The Bertz CT molecular complexity index is 646. The van der Waals surface area contributed by atoms with E-state index >= 15 is 0 Å². The van der Waals surface area contributed by atoms with Gasteiger partial charge in [0.1, 0.15) is 0 Å². The third-order valence-corrected chi connectivity index (χ3v) is 3.66. The van der Waals surface area contributed by atoms with Gasteiger partial charge < -0.3 is 4.74 Å². The molecule has 2 aromatic carbocycles. The molecule has 0 spiro atoms. The van der Waals surface area contributed by atoms with Gasteiger partial charge in [-0.05, 0) is 36.6 Å². The molecule has 22 heavy (non-hydrogen) atoms. The second-order valence-corrected chi connectivity index (χ2v) is 5.35. The molecule has 0 fully saturated rings. The lowest BCUT2D eigenvalue weighted by Gasteiger charge is -2.04. The van der Waals surface area contributed by atoms with Crippen molar-refractivity contribution >= 4 is 22.5 Å². The van der Waals surface area contributed by atoms with Gasteiger partial charge in [-0.3, -0.25) is 9.59 Å². The van der Waals surface area contributed by atoms with Gasteiger partial charge in [-0.2, -0.15) is 0 Å². The van der Waals surface area contributed by atoms with Crippen LogP contribution < -0.4 is 0 Å². The summed E-state index contributed by atoms with van der Waals surface area (Å²) in [7, 11) is 0. The fraction of sp³-hybridized carbons (Fsp3) is 0.368. The maximum atomic E-state index is 12.2. The predicted molar refractivity (Wildman–Crippen MR) is 88.0 cm³/mol. The van der Waals surface area contributed by atoms with E-state index in [1.54, 1.807) is 6.92 Å². The van der Waals surface area contributed by atoms with Crippen molar-refractivity contribution in [1.29, 1.82) is 0 Å². The average Bonchev–Trinajstić information content (AvgIpc) is 2.54. The van der Waals surface area contributed by atoms with Gasteiger partial charge in [0, 0.05) is 18.4 Å². The maximum absolute atomic E-state index is 12.2. The molecule has 0 aromatic heterocycles. The second kappa shape index (κ2) is 8.32. The highest BCUT2D eigenvalue weighted by atomic mass is 16.5.